The molecule has 0 bridgehead atoms. The van der Waals surface area contributed by atoms with Gasteiger partial charge in [-0.05, 0) is 63.1 Å². The number of halogens is 6. The van der Waals surface area contributed by atoms with E-state index in [1.54, 1.807) is 13.8 Å². The maximum absolute atomic E-state index is 13.7. The molecule has 0 saturated carbocycles. The van der Waals surface area contributed by atoms with Crippen molar-refractivity contribution in [2.75, 3.05) is 18.1 Å². The summed E-state index contributed by atoms with van der Waals surface area (Å²) in [7, 11) is -4.56. The molecule has 268 valence electrons. The Morgan fingerprint density at radius 3 is 2.50 bits per heavy atom. The summed E-state index contributed by atoms with van der Waals surface area (Å²) in [6, 6.07) is 4.11. The van der Waals surface area contributed by atoms with Gasteiger partial charge in [0.05, 0.1) is 46.0 Å². The number of ether oxygens (including phenoxy) is 1. The van der Waals surface area contributed by atoms with Crippen LogP contribution in [0.1, 0.15) is 49.3 Å². The van der Waals surface area contributed by atoms with Crippen molar-refractivity contribution in [3.8, 4) is 23.2 Å². The second-order valence-corrected chi connectivity index (χ2v) is 13.3. The van der Waals surface area contributed by atoms with E-state index in [0.29, 0.717) is 30.4 Å². The van der Waals surface area contributed by atoms with Crippen molar-refractivity contribution in [2.45, 2.75) is 75.5 Å². The standard InChI is InChI=1S/C31H31F6N7O5S/c1-4-6-25-39-16(3)26-29(46)40-28(41-44(25)26)21-13-20(9-10-24(21)49-5-2)50(47,48)42-18-11-23(27(45)31(35,36)37)43(15-18)19-8-7-17(14-38)22(12-19)30(32,33)34/h7-10,12-13,18,23,27,42,45H,4-6,11,15H2,1-3H3,(H,40,41,46)/t18?,23-,27?/m1/s1. The van der Waals surface area contributed by atoms with Crippen LogP contribution in [0.15, 0.2) is 46.1 Å². The number of imidazole rings is 1. The van der Waals surface area contributed by atoms with E-state index in [4.69, 9.17) is 10.00 Å². The maximum atomic E-state index is 13.7. The number of benzene rings is 2. The lowest BCUT2D eigenvalue weighted by molar-refractivity contribution is -0.209. The first-order valence-electron chi connectivity index (χ1n) is 15.3. The zero-order chi connectivity index (χ0) is 36.8. The molecule has 2 aromatic heterocycles. The molecule has 4 aromatic rings. The molecule has 0 radical (unpaired) electrons. The number of H-pyrrole nitrogens is 1. The van der Waals surface area contributed by atoms with Gasteiger partial charge in [0.2, 0.25) is 10.0 Å². The number of rotatable bonds is 10. The Morgan fingerprint density at radius 2 is 1.88 bits per heavy atom. The number of aromatic nitrogens is 4. The Balaban J connectivity index is 1.53. The number of anilines is 1. The van der Waals surface area contributed by atoms with Crippen molar-refractivity contribution >= 4 is 21.2 Å². The van der Waals surface area contributed by atoms with E-state index < -0.39 is 80.8 Å². The molecule has 12 nitrogen and oxygen atoms in total. The minimum atomic E-state index is -5.20. The second kappa shape index (κ2) is 13.6. The SMILES string of the molecule is CCCc1nc(C)c2c(=O)[nH]c(-c3cc(S(=O)(=O)NC4C[C@H](C(O)C(F)(F)F)N(c5ccc(C#N)c(C(F)(F)F)c5)C4)ccc3OCC)nn12. The van der Waals surface area contributed by atoms with Crippen molar-refractivity contribution < 1.29 is 44.6 Å². The van der Waals surface area contributed by atoms with Gasteiger partial charge >= 0.3 is 12.4 Å². The molecule has 19 heteroatoms. The summed E-state index contributed by atoms with van der Waals surface area (Å²) in [5.74, 6) is 0.603. The maximum Gasteiger partial charge on any atom is 0.417 e. The molecule has 2 unspecified atom stereocenters. The largest absolute Gasteiger partial charge is 0.493 e. The lowest BCUT2D eigenvalue weighted by atomic mass is 10.0. The molecule has 1 aliphatic heterocycles. The molecule has 0 aliphatic carbocycles. The zero-order valence-electron chi connectivity index (χ0n) is 26.7. The van der Waals surface area contributed by atoms with Gasteiger partial charge < -0.3 is 19.7 Å². The number of hydrogen-bond acceptors (Lipinski definition) is 9. The van der Waals surface area contributed by atoms with Gasteiger partial charge in [-0.1, -0.05) is 6.92 Å². The third-order valence-electron chi connectivity index (χ3n) is 8.16. The first kappa shape index (κ1) is 36.6. The highest BCUT2D eigenvalue weighted by Crippen LogP contribution is 2.39. The van der Waals surface area contributed by atoms with Crippen LogP contribution in [0.3, 0.4) is 0 Å². The third kappa shape index (κ3) is 7.13. The molecule has 3 atom stereocenters. The van der Waals surface area contributed by atoms with Crippen molar-refractivity contribution in [1.82, 2.24) is 24.3 Å². The summed E-state index contributed by atoms with van der Waals surface area (Å²) in [6.07, 6.45) is -12.7. The number of fused-ring (bicyclic) bond motifs is 1. The van der Waals surface area contributed by atoms with E-state index in [1.165, 1.54) is 22.7 Å². The fraction of sp³-hybridized carbons (Fsp3) is 0.419. The number of aliphatic hydroxyl groups is 1. The number of hydrogen-bond donors (Lipinski definition) is 3. The van der Waals surface area contributed by atoms with Gasteiger partial charge in [-0.3, -0.25) is 4.79 Å². The van der Waals surface area contributed by atoms with Gasteiger partial charge in [0.25, 0.3) is 5.56 Å². The molecule has 5 rings (SSSR count). The van der Waals surface area contributed by atoms with Gasteiger partial charge in [-0.2, -0.15) is 31.6 Å². The highest BCUT2D eigenvalue weighted by molar-refractivity contribution is 7.89. The lowest BCUT2D eigenvalue weighted by Gasteiger charge is -2.31. The topological polar surface area (TPSA) is 166 Å². The molecule has 0 spiro atoms. The molecule has 2 aromatic carbocycles. The number of alkyl halides is 6. The van der Waals surface area contributed by atoms with Gasteiger partial charge in [0.1, 0.15) is 11.6 Å². The van der Waals surface area contributed by atoms with Crippen LogP contribution in [0.5, 0.6) is 5.75 Å². The van der Waals surface area contributed by atoms with Gasteiger partial charge in [-0.15, -0.1) is 5.10 Å². The number of sulfonamides is 1. The smallest absolute Gasteiger partial charge is 0.417 e. The Bertz CT molecular complexity index is 2130. The minimum Gasteiger partial charge on any atom is -0.493 e. The summed E-state index contributed by atoms with van der Waals surface area (Å²) in [4.78, 5) is 20.6. The Hall–Kier alpha value is -4.67. The Labute approximate surface area is 281 Å². The quantitative estimate of drug-likeness (QED) is 0.200. The van der Waals surface area contributed by atoms with Crippen LogP contribution in [0, 0.1) is 18.3 Å². The van der Waals surface area contributed by atoms with Crippen LogP contribution in [0.25, 0.3) is 16.9 Å². The van der Waals surface area contributed by atoms with Crippen LogP contribution in [-0.4, -0.2) is 70.6 Å². The molecule has 50 heavy (non-hydrogen) atoms. The van der Waals surface area contributed by atoms with Crippen molar-refractivity contribution in [3.05, 3.63) is 69.4 Å². The molecule has 3 N–H and O–H groups in total. The second-order valence-electron chi connectivity index (χ2n) is 11.6. The predicted octanol–water partition coefficient (Wildman–Crippen LogP) is 4.48. The summed E-state index contributed by atoms with van der Waals surface area (Å²) in [5, 5.41) is 23.8. The average Bonchev–Trinajstić information content (AvgIpc) is 3.59. The average molecular weight is 728 g/mol. The highest BCUT2D eigenvalue weighted by atomic mass is 32.2. The molecule has 0 amide bonds. The van der Waals surface area contributed by atoms with Crippen molar-refractivity contribution in [2.24, 2.45) is 0 Å². The number of nitrogens with one attached hydrogen (secondary N) is 2. The van der Waals surface area contributed by atoms with Gasteiger partial charge in [0.15, 0.2) is 17.4 Å². The van der Waals surface area contributed by atoms with E-state index in [-0.39, 0.29) is 29.3 Å². The van der Waals surface area contributed by atoms with Crippen LogP contribution < -0.4 is 19.9 Å². The van der Waals surface area contributed by atoms with E-state index in [9.17, 15) is 44.7 Å². The Morgan fingerprint density at radius 1 is 1.16 bits per heavy atom. The molecule has 1 aliphatic rings. The predicted molar refractivity (Wildman–Crippen MR) is 167 cm³/mol. The first-order chi connectivity index (χ1) is 23.4. The third-order valence-corrected chi connectivity index (χ3v) is 9.68. The fourth-order valence-corrected chi connectivity index (χ4v) is 7.25. The molecule has 1 fully saturated rings. The van der Waals surface area contributed by atoms with Crippen molar-refractivity contribution in [3.63, 3.8) is 0 Å². The Kier molecular flexibility index (Phi) is 9.93. The summed E-state index contributed by atoms with van der Waals surface area (Å²) in [5.41, 5.74) is -2.41. The van der Waals surface area contributed by atoms with Crippen LogP contribution in [-0.2, 0) is 22.6 Å². The van der Waals surface area contributed by atoms with E-state index in [0.717, 1.165) is 23.1 Å². The number of nitrogens with zero attached hydrogens (tertiary/aromatic N) is 5. The summed E-state index contributed by atoms with van der Waals surface area (Å²) < 4.78 is 119. The number of aromatic amines is 1. The van der Waals surface area contributed by atoms with Gasteiger partial charge in [0, 0.05) is 24.7 Å². The van der Waals surface area contributed by atoms with Crippen LogP contribution >= 0.6 is 0 Å². The molecular weight excluding hydrogens is 696 g/mol. The molecular formula is C31H31F6N7O5S. The van der Waals surface area contributed by atoms with Crippen LogP contribution in [0.4, 0.5) is 32.0 Å². The minimum absolute atomic E-state index is 0.0561. The fourth-order valence-electron chi connectivity index (χ4n) is 5.98. The van der Waals surface area contributed by atoms with E-state index >= 15 is 0 Å². The number of nitriles is 1. The number of aliphatic hydroxyl groups excluding tert-OH is 1. The lowest BCUT2D eigenvalue weighted by Crippen LogP contribution is -2.47. The highest BCUT2D eigenvalue weighted by Gasteiger charge is 2.50. The first-order valence-corrected chi connectivity index (χ1v) is 16.8. The van der Waals surface area contributed by atoms with E-state index in [2.05, 4.69) is 19.8 Å². The zero-order valence-corrected chi connectivity index (χ0v) is 27.5. The summed E-state index contributed by atoms with van der Waals surface area (Å²) >= 11 is 0. The van der Waals surface area contributed by atoms with E-state index in [1.807, 2.05) is 6.92 Å². The van der Waals surface area contributed by atoms with Crippen LogP contribution in [0.2, 0.25) is 0 Å². The van der Waals surface area contributed by atoms with Gasteiger partial charge in [-0.25, -0.2) is 22.6 Å². The molecule has 1 saturated heterocycles. The molecule has 3 heterocycles. The number of aryl methyl sites for hydroxylation is 2. The monoisotopic (exact) mass is 727 g/mol. The summed E-state index contributed by atoms with van der Waals surface area (Å²) in [6.45, 7) is 4.83. The van der Waals surface area contributed by atoms with Crippen molar-refractivity contribution in [1.29, 1.82) is 5.26 Å². The normalized spacial score (nSPS) is 17.7.